The number of methoxy groups -OCH3 is 1. The van der Waals surface area contributed by atoms with E-state index in [1.54, 1.807) is 19.2 Å². The van der Waals surface area contributed by atoms with E-state index in [4.69, 9.17) is 4.74 Å². The van der Waals surface area contributed by atoms with Crippen LogP contribution in [-0.4, -0.2) is 47.5 Å². The van der Waals surface area contributed by atoms with Crippen molar-refractivity contribution in [3.8, 4) is 11.4 Å². The first-order valence-electron chi connectivity index (χ1n) is 10.1. The smallest absolute Gasteiger partial charge is 0.255 e. The minimum absolute atomic E-state index is 0.0311. The van der Waals surface area contributed by atoms with Crippen molar-refractivity contribution in [3.63, 3.8) is 0 Å². The number of hydrogen-bond donors (Lipinski definition) is 1. The molecule has 30 heavy (non-hydrogen) atoms. The molecule has 2 aromatic carbocycles. The highest BCUT2D eigenvalue weighted by atomic mass is 16.5. The number of amides is 2. The number of hydrogen-bond acceptors (Lipinski definition) is 3. The monoisotopic (exact) mass is 403 g/mol. The van der Waals surface area contributed by atoms with Gasteiger partial charge in [-0.2, -0.15) is 0 Å². The van der Waals surface area contributed by atoms with E-state index >= 15 is 0 Å². The van der Waals surface area contributed by atoms with Gasteiger partial charge in [0.1, 0.15) is 5.75 Å². The van der Waals surface area contributed by atoms with Crippen LogP contribution in [0, 0.1) is 0 Å². The highest BCUT2D eigenvalue weighted by Crippen LogP contribution is 2.19. The number of likely N-dealkylation sites (tertiary alicyclic amines) is 1. The Morgan fingerprint density at radius 1 is 0.933 bits per heavy atom. The van der Waals surface area contributed by atoms with Gasteiger partial charge in [-0.15, -0.1) is 0 Å². The van der Waals surface area contributed by atoms with Crippen LogP contribution in [0.2, 0.25) is 0 Å². The standard InChI is InChI=1S/C24H25N3O3/c1-30-22-7-3-2-6-21(22)23(28)25-19-12-16-27(17-13-19)24(29)18-8-10-20(11-9-18)26-14-4-5-15-26/h2-11,14-15,19H,12-13,16-17H2,1H3,(H,25,28). The van der Waals surface area contributed by atoms with E-state index in [9.17, 15) is 9.59 Å². The van der Waals surface area contributed by atoms with E-state index < -0.39 is 0 Å². The fourth-order valence-electron chi connectivity index (χ4n) is 3.79. The maximum atomic E-state index is 12.8. The summed E-state index contributed by atoms with van der Waals surface area (Å²) in [7, 11) is 1.56. The van der Waals surface area contributed by atoms with Gasteiger partial charge in [0.2, 0.25) is 0 Å². The Hall–Kier alpha value is -3.54. The summed E-state index contributed by atoms with van der Waals surface area (Å²) in [5.41, 5.74) is 2.23. The van der Waals surface area contributed by atoms with Crippen LogP contribution < -0.4 is 10.1 Å². The molecule has 0 spiro atoms. The van der Waals surface area contributed by atoms with Gasteiger partial charge in [0.15, 0.2) is 0 Å². The predicted molar refractivity (Wildman–Crippen MR) is 115 cm³/mol. The third-order valence-corrected chi connectivity index (χ3v) is 5.49. The summed E-state index contributed by atoms with van der Waals surface area (Å²) in [5, 5.41) is 3.07. The summed E-state index contributed by atoms with van der Waals surface area (Å²) >= 11 is 0. The van der Waals surface area contributed by atoms with Gasteiger partial charge in [-0.1, -0.05) is 12.1 Å². The van der Waals surface area contributed by atoms with Crippen molar-refractivity contribution in [2.75, 3.05) is 20.2 Å². The summed E-state index contributed by atoms with van der Waals surface area (Å²) in [6.45, 7) is 1.24. The molecule has 0 unspecified atom stereocenters. The average molecular weight is 403 g/mol. The lowest BCUT2D eigenvalue weighted by Crippen LogP contribution is -2.46. The van der Waals surface area contributed by atoms with Crippen molar-refractivity contribution in [1.29, 1.82) is 0 Å². The van der Waals surface area contributed by atoms with Crippen LogP contribution in [0.1, 0.15) is 33.6 Å². The second kappa shape index (κ2) is 8.86. The summed E-state index contributed by atoms with van der Waals surface area (Å²) in [5.74, 6) is 0.451. The fraction of sp³-hybridized carbons (Fsp3) is 0.250. The molecule has 6 nitrogen and oxygen atoms in total. The molecular weight excluding hydrogens is 378 g/mol. The first-order valence-corrected chi connectivity index (χ1v) is 10.1. The highest BCUT2D eigenvalue weighted by Gasteiger charge is 2.25. The van der Waals surface area contributed by atoms with Crippen LogP contribution in [-0.2, 0) is 0 Å². The van der Waals surface area contributed by atoms with Gasteiger partial charge in [0, 0.05) is 42.8 Å². The zero-order chi connectivity index (χ0) is 20.9. The second-order valence-electron chi connectivity index (χ2n) is 7.38. The topological polar surface area (TPSA) is 63.6 Å². The van der Waals surface area contributed by atoms with E-state index in [-0.39, 0.29) is 17.9 Å². The van der Waals surface area contributed by atoms with Crippen molar-refractivity contribution < 1.29 is 14.3 Å². The molecule has 154 valence electrons. The Labute approximate surface area is 176 Å². The molecule has 1 aromatic heterocycles. The van der Waals surface area contributed by atoms with Crippen LogP contribution in [0.5, 0.6) is 5.75 Å². The number of carbonyl (C=O) groups is 2. The molecule has 0 atom stereocenters. The van der Waals surface area contributed by atoms with Gasteiger partial charge in [0.05, 0.1) is 12.7 Å². The quantitative estimate of drug-likeness (QED) is 0.709. The van der Waals surface area contributed by atoms with Crippen LogP contribution in [0.4, 0.5) is 0 Å². The summed E-state index contributed by atoms with van der Waals surface area (Å²) < 4.78 is 7.27. The predicted octanol–water partition coefficient (Wildman–Crippen LogP) is 3.52. The summed E-state index contributed by atoms with van der Waals surface area (Å²) in [6, 6.07) is 18.8. The molecule has 2 amide bonds. The van der Waals surface area contributed by atoms with Crippen molar-refractivity contribution in [2.24, 2.45) is 0 Å². The number of aromatic nitrogens is 1. The number of para-hydroxylation sites is 1. The second-order valence-corrected chi connectivity index (χ2v) is 7.38. The number of rotatable bonds is 5. The van der Waals surface area contributed by atoms with Gasteiger partial charge < -0.3 is 19.5 Å². The lowest BCUT2D eigenvalue weighted by atomic mass is 10.0. The molecule has 4 rings (SSSR count). The number of piperidine rings is 1. The van der Waals surface area contributed by atoms with Gasteiger partial charge in [-0.3, -0.25) is 9.59 Å². The third-order valence-electron chi connectivity index (χ3n) is 5.49. The van der Waals surface area contributed by atoms with E-state index in [1.165, 1.54) is 0 Å². The van der Waals surface area contributed by atoms with Gasteiger partial charge in [-0.05, 0) is 61.4 Å². The molecule has 3 aromatic rings. The number of nitrogens with one attached hydrogen (secondary N) is 1. The first kappa shape index (κ1) is 19.8. The van der Waals surface area contributed by atoms with Crippen molar-refractivity contribution in [1.82, 2.24) is 14.8 Å². The fourth-order valence-corrected chi connectivity index (χ4v) is 3.79. The van der Waals surface area contributed by atoms with Crippen molar-refractivity contribution in [3.05, 3.63) is 84.2 Å². The normalized spacial score (nSPS) is 14.4. The Balaban J connectivity index is 1.33. The molecule has 0 bridgehead atoms. The average Bonchev–Trinajstić information content (AvgIpc) is 3.34. The third kappa shape index (κ3) is 4.22. The van der Waals surface area contributed by atoms with Gasteiger partial charge in [0.25, 0.3) is 11.8 Å². The van der Waals surface area contributed by atoms with E-state index in [0.717, 1.165) is 18.5 Å². The molecule has 0 saturated carbocycles. The molecule has 0 aliphatic carbocycles. The van der Waals surface area contributed by atoms with Crippen LogP contribution in [0.3, 0.4) is 0 Å². The Kier molecular flexibility index (Phi) is 5.84. The maximum absolute atomic E-state index is 12.8. The number of carbonyl (C=O) groups excluding carboxylic acids is 2. The van der Waals surface area contributed by atoms with Crippen molar-refractivity contribution in [2.45, 2.75) is 18.9 Å². The number of benzene rings is 2. The number of ether oxygens (including phenoxy) is 1. The Bertz CT molecular complexity index is 1000. The van der Waals surface area contributed by atoms with E-state index in [1.807, 2.05) is 70.4 Å². The van der Waals surface area contributed by atoms with Crippen molar-refractivity contribution >= 4 is 11.8 Å². The minimum atomic E-state index is -0.141. The van der Waals surface area contributed by atoms with Crippen LogP contribution >= 0.6 is 0 Å². The minimum Gasteiger partial charge on any atom is -0.496 e. The van der Waals surface area contributed by atoms with Gasteiger partial charge in [-0.25, -0.2) is 0 Å². The first-order chi connectivity index (χ1) is 14.7. The zero-order valence-corrected chi connectivity index (χ0v) is 17.0. The highest BCUT2D eigenvalue weighted by molar-refractivity contribution is 5.97. The largest absolute Gasteiger partial charge is 0.496 e. The molecule has 1 aliphatic rings. The zero-order valence-electron chi connectivity index (χ0n) is 17.0. The molecule has 0 radical (unpaired) electrons. The summed E-state index contributed by atoms with van der Waals surface area (Å²) in [4.78, 5) is 27.3. The van der Waals surface area contributed by atoms with E-state index in [0.29, 0.717) is 30.0 Å². The van der Waals surface area contributed by atoms with Gasteiger partial charge >= 0.3 is 0 Å². The lowest BCUT2D eigenvalue weighted by molar-refractivity contribution is 0.0698. The molecule has 2 heterocycles. The maximum Gasteiger partial charge on any atom is 0.255 e. The SMILES string of the molecule is COc1ccccc1C(=O)NC1CCN(C(=O)c2ccc(-n3cccc3)cc2)CC1. The Morgan fingerprint density at radius 2 is 1.60 bits per heavy atom. The molecule has 1 aliphatic heterocycles. The molecule has 1 N–H and O–H groups in total. The summed E-state index contributed by atoms with van der Waals surface area (Å²) in [6.07, 6.45) is 5.41. The Morgan fingerprint density at radius 3 is 2.27 bits per heavy atom. The molecular formula is C24H25N3O3. The lowest BCUT2D eigenvalue weighted by Gasteiger charge is -2.32. The molecule has 1 fully saturated rings. The molecule has 1 saturated heterocycles. The molecule has 6 heteroatoms. The van der Waals surface area contributed by atoms with Crippen LogP contribution in [0.25, 0.3) is 5.69 Å². The van der Waals surface area contributed by atoms with Crippen LogP contribution in [0.15, 0.2) is 73.1 Å². The number of nitrogens with zero attached hydrogens (tertiary/aromatic N) is 2. The van der Waals surface area contributed by atoms with E-state index in [2.05, 4.69) is 5.32 Å².